The molecule has 1 fully saturated rings. The van der Waals surface area contributed by atoms with Gasteiger partial charge in [-0.1, -0.05) is 24.3 Å². The first-order valence-electron chi connectivity index (χ1n) is 9.75. The summed E-state index contributed by atoms with van der Waals surface area (Å²) < 4.78 is 10.6. The lowest BCUT2D eigenvalue weighted by atomic mass is 10.1. The lowest BCUT2D eigenvalue weighted by Gasteiger charge is -2.18. The molecule has 8 nitrogen and oxygen atoms in total. The summed E-state index contributed by atoms with van der Waals surface area (Å²) in [4.78, 5) is 33.2. The van der Waals surface area contributed by atoms with Gasteiger partial charge in [-0.15, -0.1) is 0 Å². The molecule has 0 radical (unpaired) electrons. The molecule has 0 spiro atoms. The summed E-state index contributed by atoms with van der Waals surface area (Å²) >= 11 is 0. The summed E-state index contributed by atoms with van der Waals surface area (Å²) in [6.45, 7) is 1.12. The van der Waals surface area contributed by atoms with Crippen LogP contribution in [-0.2, 0) is 0 Å². The average molecular weight is 418 g/mol. The second kappa shape index (κ2) is 8.74. The van der Waals surface area contributed by atoms with Gasteiger partial charge in [-0.3, -0.25) is 14.6 Å². The van der Waals surface area contributed by atoms with Gasteiger partial charge in [0, 0.05) is 18.8 Å². The highest BCUT2D eigenvalue weighted by Gasteiger charge is 2.31. The molecular weight excluding hydrogens is 396 g/mol. The third kappa shape index (κ3) is 4.00. The number of benzene rings is 2. The Morgan fingerprint density at radius 2 is 1.71 bits per heavy atom. The number of ether oxygens (including phenoxy) is 2. The van der Waals surface area contributed by atoms with Crippen molar-refractivity contribution in [2.24, 2.45) is 0 Å². The van der Waals surface area contributed by atoms with Gasteiger partial charge in [0.15, 0.2) is 11.5 Å². The maximum Gasteiger partial charge on any atom is 0.330 e. The molecule has 0 atom stereocenters. The maximum atomic E-state index is 12.8. The number of amides is 3. The largest absolute Gasteiger partial charge is 0.493 e. The normalized spacial score (nSPS) is 13.3. The molecule has 4 rings (SSSR count). The number of hydrogen-bond donors (Lipinski definition) is 1. The Labute approximate surface area is 180 Å². The molecule has 158 valence electrons. The van der Waals surface area contributed by atoms with Crippen LogP contribution in [0.5, 0.6) is 11.5 Å². The first-order chi connectivity index (χ1) is 15.1. The summed E-state index contributed by atoms with van der Waals surface area (Å²) in [5, 5.41) is 2.80. The van der Waals surface area contributed by atoms with E-state index in [0.29, 0.717) is 41.7 Å². The lowest BCUT2D eigenvalue weighted by molar-refractivity contribution is 0.102. The third-order valence-electron chi connectivity index (χ3n) is 5.01. The Hall–Kier alpha value is -4.07. The van der Waals surface area contributed by atoms with Gasteiger partial charge >= 0.3 is 6.03 Å². The van der Waals surface area contributed by atoms with Gasteiger partial charge in [0.1, 0.15) is 5.82 Å². The number of urea groups is 1. The van der Waals surface area contributed by atoms with Crippen molar-refractivity contribution < 1.29 is 19.1 Å². The number of aromatic nitrogens is 1. The van der Waals surface area contributed by atoms with Crippen molar-refractivity contribution >= 4 is 29.1 Å². The van der Waals surface area contributed by atoms with Crippen LogP contribution in [0.25, 0.3) is 0 Å². The number of nitrogens with one attached hydrogen (secondary N) is 1. The SMILES string of the molecule is COc1cccc(C(=O)Nc2ccc(N3CCN(c4ccccc4)C3=O)nc2)c1OC. The molecular formula is C23H22N4O4. The summed E-state index contributed by atoms with van der Waals surface area (Å²) in [7, 11) is 3.00. The van der Waals surface area contributed by atoms with Gasteiger partial charge in [0.05, 0.1) is 31.7 Å². The Morgan fingerprint density at radius 3 is 2.39 bits per heavy atom. The fourth-order valence-electron chi connectivity index (χ4n) is 3.48. The smallest absolute Gasteiger partial charge is 0.330 e. The summed E-state index contributed by atoms with van der Waals surface area (Å²) in [6, 6.07) is 17.9. The highest BCUT2D eigenvalue weighted by molar-refractivity contribution is 6.07. The Balaban J connectivity index is 1.47. The molecule has 0 unspecified atom stereocenters. The Kier molecular flexibility index (Phi) is 5.70. The van der Waals surface area contributed by atoms with Crippen molar-refractivity contribution in [3.63, 3.8) is 0 Å². The number of hydrogen-bond acceptors (Lipinski definition) is 5. The highest BCUT2D eigenvalue weighted by atomic mass is 16.5. The van der Waals surface area contributed by atoms with Crippen LogP contribution in [0.1, 0.15) is 10.4 Å². The van der Waals surface area contributed by atoms with E-state index in [0.717, 1.165) is 5.69 Å². The van der Waals surface area contributed by atoms with E-state index in [1.165, 1.54) is 20.4 Å². The standard InChI is InChI=1S/C23H22N4O4/c1-30-19-10-6-9-18(21(19)31-2)22(28)25-16-11-12-20(24-15-16)27-14-13-26(23(27)29)17-7-4-3-5-8-17/h3-12,15H,13-14H2,1-2H3,(H,25,28). The molecule has 1 aromatic heterocycles. The van der Waals surface area contributed by atoms with Crippen LogP contribution in [0.2, 0.25) is 0 Å². The van der Waals surface area contributed by atoms with E-state index in [1.807, 2.05) is 30.3 Å². The van der Waals surface area contributed by atoms with Crippen molar-refractivity contribution in [2.75, 3.05) is 42.4 Å². The molecule has 2 heterocycles. The van der Waals surface area contributed by atoms with Crippen LogP contribution in [0.15, 0.2) is 66.9 Å². The van der Waals surface area contributed by atoms with Crippen molar-refractivity contribution in [3.05, 3.63) is 72.4 Å². The first kappa shape index (κ1) is 20.2. The topological polar surface area (TPSA) is 84.0 Å². The average Bonchev–Trinajstić information content (AvgIpc) is 3.20. The molecule has 0 aliphatic carbocycles. The Bertz CT molecular complexity index is 1090. The van der Waals surface area contributed by atoms with E-state index in [9.17, 15) is 9.59 Å². The number of pyridine rings is 1. The van der Waals surface area contributed by atoms with Crippen molar-refractivity contribution in [3.8, 4) is 11.5 Å². The molecule has 1 aliphatic heterocycles. The second-order valence-electron chi connectivity index (χ2n) is 6.82. The predicted octanol–water partition coefficient (Wildman–Crippen LogP) is 3.80. The number of carbonyl (C=O) groups is 2. The number of methoxy groups -OCH3 is 2. The second-order valence-corrected chi connectivity index (χ2v) is 6.82. The quantitative estimate of drug-likeness (QED) is 0.658. The zero-order valence-electron chi connectivity index (χ0n) is 17.2. The molecule has 31 heavy (non-hydrogen) atoms. The van der Waals surface area contributed by atoms with Gasteiger partial charge in [0.2, 0.25) is 0 Å². The fraction of sp³-hybridized carbons (Fsp3) is 0.174. The van der Waals surface area contributed by atoms with Gasteiger partial charge in [-0.05, 0) is 36.4 Å². The number of anilines is 3. The van der Waals surface area contributed by atoms with Gasteiger partial charge in [0.25, 0.3) is 5.91 Å². The van der Waals surface area contributed by atoms with Gasteiger partial charge in [-0.25, -0.2) is 9.78 Å². The molecule has 1 saturated heterocycles. The molecule has 8 heteroatoms. The van der Waals surface area contributed by atoms with E-state index in [2.05, 4.69) is 10.3 Å². The Morgan fingerprint density at radius 1 is 0.935 bits per heavy atom. The van der Waals surface area contributed by atoms with E-state index in [4.69, 9.17) is 9.47 Å². The van der Waals surface area contributed by atoms with Crippen LogP contribution in [0.3, 0.4) is 0 Å². The molecule has 0 saturated carbocycles. The molecule has 1 N–H and O–H groups in total. The number of carbonyl (C=O) groups excluding carboxylic acids is 2. The minimum absolute atomic E-state index is 0.128. The maximum absolute atomic E-state index is 12.8. The number of rotatable bonds is 6. The molecule has 1 aliphatic rings. The summed E-state index contributed by atoms with van der Waals surface area (Å²) in [6.07, 6.45) is 1.53. The minimum atomic E-state index is -0.349. The van der Waals surface area contributed by atoms with E-state index in [-0.39, 0.29) is 11.9 Å². The summed E-state index contributed by atoms with van der Waals surface area (Å²) in [5.74, 6) is 1.01. The van der Waals surface area contributed by atoms with E-state index in [1.54, 1.807) is 40.1 Å². The third-order valence-corrected chi connectivity index (χ3v) is 5.01. The van der Waals surface area contributed by atoms with Crippen LogP contribution in [-0.4, -0.2) is 44.2 Å². The van der Waals surface area contributed by atoms with E-state index >= 15 is 0 Å². The number of nitrogens with zero attached hydrogens (tertiary/aromatic N) is 3. The number of para-hydroxylation sites is 2. The molecule has 0 bridgehead atoms. The zero-order valence-corrected chi connectivity index (χ0v) is 17.2. The predicted molar refractivity (Wildman–Crippen MR) is 118 cm³/mol. The fourth-order valence-corrected chi connectivity index (χ4v) is 3.48. The molecule has 2 aromatic carbocycles. The van der Waals surface area contributed by atoms with E-state index < -0.39 is 0 Å². The first-order valence-corrected chi connectivity index (χ1v) is 9.75. The molecule has 3 aromatic rings. The van der Waals surface area contributed by atoms with Crippen molar-refractivity contribution in [2.45, 2.75) is 0 Å². The van der Waals surface area contributed by atoms with Crippen LogP contribution < -0.4 is 24.6 Å². The highest BCUT2D eigenvalue weighted by Crippen LogP contribution is 2.31. The zero-order chi connectivity index (χ0) is 21.8. The van der Waals surface area contributed by atoms with Crippen LogP contribution in [0.4, 0.5) is 22.0 Å². The minimum Gasteiger partial charge on any atom is -0.493 e. The molecule has 3 amide bonds. The van der Waals surface area contributed by atoms with Crippen molar-refractivity contribution in [1.29, 1.82) is 0 Å². The van der Waals surface area contributed by atoms with Gasteiger partial charge in [-0.2, -0.15) is 0 Å². The lowest BCUT2D eigenvalue weighted by Crippen LogP contribution is -2.32. The van der Waals surface area contributed by atoms with Crippen molar-refractivity contribution in [1.82, 2.24) is 4.98 Å². The summed E-state index contributed by atoms with van der Waals surface area (Å²) in [5.41, 5.74) is 1.70. The van der Waals surface area contributed by atoms with Gasteiger partial charge < -0.3 is 14.8 Å². The van der Waals surface area contributed by atoms with Crippen LogP contribution >= 0.6 is 0 Å². The monoisotopic (exact) mass is 418 g/mol. The van der Waals surface area contributed by atoms with Crippen LogP contribution in [0, 0.1) is 0 Å².